The van der Waals surface area contributed by atoms with Crippen LogP contribution in [-0.4, -0.2) is 24.8 Å². The van der Waals surface area contributed by atoms with Crippen molar-refractivity contribution in [2.45, 2.75) is 0 Å². The molecule has 3 aromatic carbocycles. The highest BCUT2D eigenvalue weighted by Gasteiger charge is 2.40. The molecular formula is C24H16Cl3N3O4. The van der Waals surface area contributed by atoms with Crippen LogP contribution in [-0.2, 0) is 9.59 Å². The van der Waals surface area contributed by atoms with Crippen molar-refractivity contribution in [3.05, 3.63) is 93.1 Å². The van der Waals surface area contributed by atoms with Gasteiger partial charge in [-0.25, -0.2) is 4.90 Å². The summed E-state index contributed by atoms with van der Waals surface area (Å²) in [6, 6.07) is 17.9. The molecule has 1 aliphatic heterocycles. The summed E-state index contributed by atoms with van der Waals surface area (Å²) >= 11 is 18.4. The van der Waals surface area contributed by atoms with Crippen LogP contribution in [0.5, 0.6) is 5.75 Å². The zero-order chi connectivity index (χ0) is 24.4. The van der Waals surface area contributed by atoms with Gasteiger partial charge in [-0.05, 0) is 48.5 Å². The summed E-state index contributed by atoms with van der Waals surface area (Å²) < 4.78 is 5.24. The second kappa shape index (κ2) is 9.77. The van der Waals surface area contributed by atoms with Gasteiger partial charge in [-0.3, -0.25) is 14.4 Å². The van der Waals surface area contributed by atoms with Crippen LogP contribution in [0, 0.1) is 0 Å². The first kappa shape index (κ1) is 23.6. The van der Waals surface area contributed by atoms with Crippen molar-refractivity contribution in [3.8, 4) is 5.75 Å². The molecule has 3 amide bonds. The van der Waals surface area contributed by atoms with Crippen LogP contribution in [0.4, 0.5) is 17.1 Å². The number of nitrogens with zero attached hydrogens (tertiary/aromatic N) is 1. The molecule has 1 aliphatic rings. The number of anilines is 3. The number of hydrogen-bond donors (Lipinski definition) is 2. The molecule has 2 N–H and O–H groups in total. The normalized spacial score (nSPS) is 13.4. The topological polar surface area (TPSA) is 87.7 Å². The van der Waals surface area contributed by atoms with E-state index in [4.69, 9.17) is 39.5 Å². The molecule has 0 saturated heterocycles. The number of carbonyl (C=O) groups is 3. The average Bonchev–Trinajstić information content (AvgIpc) is 3.04. The number of methoxy groups -OCH3 is 1. The maximum absolute atomic E-state index is 13.0. The van der Waals surface area contributed by atoms with E-state index in [9.17, 15) is 14.4 Å². The van der Waals surface area contributed by atoms with Gasteiger partial charge in [-0.2, -0.15) is 0 Å². The monoisotopic (exact) mass is 515 g/mol. The highest BCUT2D eigenvalue weighted by molar-refractivity contribution is 6.54. The van der Waals surface area contributed by atoms with Crippen molar-refractivity contribution < 1.29 is 19.1 Å². The van der Waals surface area contributed by atoms with Crippen LogP contribution in [0.3, 0.4) is 0 Å². The van der Waals surface area contributed by atoms with E-state index in [2.05, 4.69) is 10.6 Å². The molecule has 0 aromatic heterocycles. The zero-order valence-corrected chi connectivity index (χ0v) is 19.8. The Balaban J connectivity index is 1.51. The van der Waals surface area contributed by atoms with E-state index in [0.717, 1.165) is 4.90 Å². The Kier molecular flexibility index (Phi) is 6.79. The number of hydrogen-bond acceptors (Lipinski definition) is 5. The van der Waals surface area contributed by atoms with Crippen molar-refractivity contribution in [2.75, 3.05) is 22.6 Å². The molecule has 0 aliphatic carbocycles. The number of rotatable bonds is 6. The molecule has 0 saturated carbocycles. The van der Waals surface area contributed by atoms with Crippen molar-refractivity contribution in [2.24, 2.45) is 0 Å². The Bertz CT molecular complexity index is 1340. The summed E-state index contributed by atoms with van der Waals surface area (Å²) in [6.45, 7) is 0. The Morgan fingerprint density at radius 1 is 0.882 bits per heavy atom. The van der Waals surface area contributed by atoms with Crippen LogP contribution >= 0.6 is 34.8 Å². The number of halogens is 3. The van der Waals surface area contributed by atoms with Gasteiger partial charge in [0.25, 0.3) is 17.7 Å². The summed E-state index contributed by atoms with van der Waals surface area (Å²) in [5.74, 6) is -1.23. The van der Waals surface area contributed by atoms with Gasteiger partial charge in [-0.1, -0.05) is 53.0 Å². The van der Waals surface area contributed by atoms with Crippen molar-refractivity contribution >= 4 is 69.6 Å². The Labute approximate surface area is 209 Å². The number of imide groups is 1. The molecule has 3 aromatic rings. The second-order valence-electron chi connectivity index (χ2n) is 7.06. The summed E-state index contributed by atoms with van der Waals surface area (Å²) in [6.07, 6.45) is 0. The number of carbonyl (C=O) groups excluding carboxylic acids is 3. The molecule has 7 nitrogen and oxygen atoms in total. The lowest BCUT2D eigenvalue weighted by Gasteiger charge is -2.17. The first-order chi connectivity index (χ1) is 16.3. The van der Waals surface area contributed by atoms with Crippen molar-refractivity contribution in [1.29, 1.82) is 0 Å². The fourth-order valence-electron chi connectivity index (χ4n) is 3.29. The van der Waals surface area contributed by atoms with Gasteiger partial charge >= 0.3 is 0 Å². The van der Waals surface area contributed by atoms with Crippen molar-refractivity contribution in [3.63, 3.8) is 0 Å². The van der Waals surface area contributed by atoms with Crippen molar-refractivity contribution in [1.82, 2.24) is 0 Å². The van der Waals surface area contributed by atoms with Gasteiger partial charge in [0.15, 0.2) is 0 Å². The third kappa shape index (κ3) is 4.46. The minimum Gasteiger partial charge on any atom is -0.495 e. The van der Waals surface area contributed by atoms with Crippen LogP contribution in [0.2, 0.25) is 10.0 Å². The molecule has 0 bridgehead atoms. The largest absolute Gasteiger partial charge is 0.495 e. The molecule has 0 atom stereocenters. The van der Waals surface area contributed by atoms with E-state index in [1.807, 2.05) is 0 Å². The van der Waals surface area contributed by atoms with Gasteiger partial charge in [0.1, 0.15) is 16.5 Å². The van der Waals surface area contributed by atoms with Gasteiger partial charge < -0.3 is 15.4 Å². The lowest BCUT2D eigenvalue weighted by Crippen LogP contribution is -2.32. The highest BCUT2D eigenvalue weighted by Crippen LogP contribution is 2.37. The first-order valence-electron chi connectivity index (χ1n) is 9.86. The molecule has 0 radical (unpaired) electrons. The molecule has 172 valence electrons. The predicted molar refractivity (Wildman–Crippen MR) is 133 cm³/mol. The van der Waals surface area contributed by atoms with E-state index in [0.29, 0.717) is 22.7 Å². The number of ether oxygens (including phenoxy) is 1. The summed E-state index contributed by atoms with van der Waals surface area (Å²) in [5.41, 5.74) is 1.36. The minimum absolute atomic E-state index is 0.0574. The highest BCUT2D eigenvalue weighted by atomic mass is 35.5. The van der Waals surface area contributed by atoms with Crippen LogP contribution in [0.25, 0.3) is 0 Å². The van der Waals surface area contributed by atoms with Crippen LogP contribution in [0.15, 0.2) is 77.5 Å². The molecule has 10 heteroatoms. The summed E-state index contributed by atoms with van der Waals surface area (Å²) in [7, 11) is 1.52. The molecule has 4 rings (SSSR count). The molecule has 0 spiro atoms. The number of nitrogens with one attached hydrogen (secondary N) is 2. The van der Waals surface area contributed by atoms with E-state index in [1.54, 1.807) is 54.6 Å². The van der Waals surface area contributed by atoms with Crippen LogP contribution in [0.1, 0.15) is 10.4 Å². The van der Waals surface area contributed by atoms with E-state index < -0.39 is 11.8 Å². The Morgan fingerprint density at radius 2 is 1.59 bits per heavy atom. The Hall–Kier alpha value is -3.52. The fourth-order valence-corrected chi connectivity index (χ4v) is 3.88. The first-order valence-corrected chi connectivity index (χ1v) is 11.0. The molecule has 0 unspecified atom stereocenters. The molecule has 1 heterocycles. The fraction of sp³-hybridized carbons (Fsp3) is 0.0417. The third-order valence-corrected chi connectivity index (χ3v) is 6.13. The average molecular weight is 517 g/mol. The lowest BCUT2D eigenvalue weighted by atomic mass is 10.1. The number of benzene rings is 3. The summed E-state index contributed by atoms with van der Waals surface area (Å²) in [5, 5.41) is 5.59. The third-order valence-electron chi connectivity index (χ3n) is 4.97. The maximum atomic E-state index is 13.0. The quantitative estimate of drug-likeness (QED) is 0.411. The number of amides is 3. The van der Waals surface area contributed by atoms with Gasteiger partial charge in [0.05, 0.1) is 28.5 Å². The zero-order valence-electron chi connectivity index (χ0n) is 17.6. The standard InChI is InChI=1S/C24H16Cl3N3O4/c1-34-18-8-3-2-6-16(18)29-22(31)13-9-11-14(12-10-13)28-21-20(27)23(32)30(24(21)33)17-7-4-5-15(25)19(17)26/h2-12,28H,1H3,(H,29,31). The van der Waals surface area contributed by atoms with Crippen LogP contribution < -0.4 is 20.3 Å². The maximum Gasteiger partial charge on any atom is 0.283 e. The van der Waals surface area contributed by atoms with E-state index in [-0.39, 0.29) is 32.4 Å². The van der Waals surface area contributed by atoms with Gasteiger partial charge in [0.2, 0.25) is 0 Å². The van der Waals surface area contributed by atoms with Gasteiger partial charge in [-0.15, -0.1) is 0 Å². The van der Waals surface area contributed by atoms with Gasteiger partial charge in [0, 0.05) is 11.3 Å². The smallest absolute Gasteiger partial charge is 0.283 e. The molecule has 0 fully saturated rings. The molecular weight excluding hydrogens is 501 g/mol. The Morgan fingerprint density at radius 3 is 2.29 bits per heavy atom. The SMILES string of the molecule is COc1ccccc1NC(=O)c1ccc(NC2=C(Cl)C(=O)N(c3cccc(Cl)c3Cl)C2=O)cc1. The lowest BCUT2D eigenvalue weighted by molar-refractivity contribution is -0.120. The summed E-state index contributed by atoms with van der Waals surface area (Å²) in [4.78, 5) is 39.1. The number of para-hydroxylation sites is 2. The predicted octanol–water partition coefficient (Wildman–Crippen LogP) is 5.69. The minimum atomic E-state index is -0.730. The second-order valence-corrected chi connectivity index (χ2v) is 8.23. The van der Waals surface area contributed by atoms with E-state index >= 15 is 0 Å². The molecule has 34 heavy (non-hydrogen) atoms. The van der Waals surface area contributed by atoms with E-state index in [1.165, 1.54) is 19.2 Å².